The third-order valence-corrected chi connectivity index (χ3v) is 2.87. The number of alkyl halides is 4. The minimum Gasteiger partial charge on any atom is -0.459 e. The number of aryl methyl sites for hydroxylation is 1. The molecule has 0 N–H and O–H groups in total. The number of ether oxygens (including phenoxy) is 2. The summed E-state index contributed by atoms with van der Waals surface area (Å²) in [6.07, 6.45) is -4.94. The van der Waals surface area contributed by atoms with Crippen molar-refractivity contribution in [3.8, 4) is 5.75 Å². The highest BCUT2D eigenvalue weighted by atomic mass is 35.5. The molecular formula is C14H13ClF4O4. The van der Waals surface area contributed by atoms with E-state index in [0.717, 1.165) is 0 Å². The average molecular weight is 357 g/mol. The van der Waals surface area contributed by atoms with Crippen molar-refractivity contribution < 1.29 is 36.6 Å². The zero-order valence-corrected chi connectivity index (χ0v) is 12.7. The van der Waals surface area contributed by atoms with Crippen LogP contribution in [0.15, 0.2) is 18.2 Å². The summed E-state index contributed by atoms with van der Waals surface area (Å²) >= 11 is 5.73. The van der Waals surface area contributed by atoms with Crippen LogP contribution in [0.1, 0.15) is 18.4 Å². The van der Waals surface area contributed by atoms with E-state index < -0.39 is 43.7 Å². The van der Waals surface area contributed by atoms with E-state index in [1.165, 1.54) is 12.1 Å². The Morgan fingerprint density at radius 3 is 2.39 bits per heavy atom. The standard InChI is InChI=1S/C14H13ClF4O4/c1-8-6-9(15)2-3-10(8)23-12(21)5-4-11(20)22-7-14(18,19)13(16)17/h2-3,6,13H,4-5,7H2,1H3. The van der Waals surface area contributed by atoms with Crippen LogP contribution < -0.4 is 4.74 Å². The van der Waals surface area contributed by atoms with Gasteiger partial charge in [0.15, 0.2) is 6.61 Å². The predicted octanol–water partition coefficient (Wildman–Crippen LogP) is 3.78. The summed E-state index contributed by atoms with van der Waals surface area (Å²) < 4.78 is 57.8. The number of esters is 2. The summed E-state index contributed by atoms with van der Waals surface area (Å²) in [5, 5.41) is 0.450. The van der Waals surface area contributed by atoms with Crippen LogP contribution in [0, 0.1) is 6.92 Å². The van der Waals surface area contributed by atoms with E-state index in [1.807, 2.05) is 0 Å². The molecule has 0 heterocycles. The van der Waals surface area contributed by atoms with Gasteiger partial charge in [-0.2, -0.15) is 8.78 Å². The van der Waals surface area contributed by atoms with E-state index in [1.54, 1.807) is 13.0 Å². The fraction of sp³-hybridized carbons (Fsp3) is 0.429. The molecule has 0 radical (unpaired) electrons. The van der Waals surface area contributed by atoms with Crippen LogP contribution in [-0.2, 0) is 14.3 Å². The van der Waals surface area contributed by atoms with E-state index in [-0.39, 0.29) is 5.75 Å². The molecule has 0 spiro atoms. The van der Waals surface area contributed by atoms with E-state index in [4.69, 9.17) is 16.3 Å². The SMILES string of the molecule is Cc1cc(Cl)ccc1OC(=O)CCC(=O)OCC(F)(F)C(F)F. The molecule has 0 saturated heterocycles. The summed E-state index contributed by atoms with van der Waals surface area (Å²) in [7, 11) is 0. The van der Waals surface area contributed by atoms with Crippen molar-refractivity contribution in [2.75, 3.05) is 6.61 Å². The molecule has 0 amide bonds. The molecule has 128 valence electrons. The minimum atomic E-state index is -4.42. The Bertz CT molecular complexity index is 578. The molecule has 9 heteroatoms. The molecular weight excluding hydrogens is 344 g/mol. The van der Waals surface area contributed by atoms with Gasteiger partial charge in [0.1, 0.15) is 5.75 Å². The maximum atomic E-state index is 12.5. The summed E-state index contributed by atoms with van der Waals surface area (Å²) in [6.45, 7) is -0.0932. The van der Waals surface area contributed by atoms with E-state index in [2.05, 4.69) is 4.74 Å². The first-order valence-corrected chi connectivity index (χ1v) is 6.78. The second-order valence-electron chi connectivity index (χ2n) is 4.61. The summed E-state index contributed by atoms with van der Waals surface area (Å²) in [6, 6.07) is 4.51. The van der Waals surface area contributed by atoms with Gasteiger partial charge < -0.3 is 9.47 Å². The van der Waals surface area contributed by atoms with E-state index >= 15 is 0 Å². The Hall–Kier alpha value is -1.83. The number of benzene rings is 1. The molecule has 1 aromatic carbocycles. The van der Waals surface area contributed by atoms with Crippen molar-refractivity contribution in [1.29, 1.82) is 0 Å². The summed E-state index contributed by atoms with van der Waals surface area (Å²) in [5.41, 5.74) is 0.588. The number of hydrogen-bond donors (Lipinski definition) is 0. The van der Waals surface area contributed by atoms with Crippen molar-refractivity contribution in [3.05, 3.63) is 28.8 Å². The zero-order valence-electron chi connectivity index (χ0n) is 12.0. The normalized spacial score (nSPS) is 11.4. The van der Waals surface area contributed by atoms with Gasteiger partial charge in [-0.15, -0.1) is 0 Å². The van der Waals surface area contributed by atoms with Crippen LogP contribution in [0.4, 0.5) is 17.6 Å². The Balaban J connectivity index is 2.40. The molecule has 0 aliphatic carbocycles. The van der Waals surface area contributed by atoms with Crippen LogP contribution >= 0.6 is 11.6 Å². The molecule has 4 nitrogen and oxygen atoms in total. The van der Waals surface area contributed by atoms with Gasteiger partial charge in [0.25, 0.3) is 0 Å². The topological polar surface area (TPSA) is 52.6 Å². The molecule has 1 rings (SSSR count). The Labute approximate surface area is 134 Å². The van der Waals surface area contributed by atoms with Gasteiger partial charge >= 0.3 is 24.3 Å². The van der Waals surface area contributed by atoms with Crippen molar-refractivity contribution in [2.24, 2.45) is 0 Å². The van der Waals surface area contributed by atoms with Gasteiger partial charge in [-0.05, 0) is 30.7 Å². The monoisotopic (exact) mass is 356 g/mol. The Kier molecular flexibility index (Phi) is 6.80. The van der Waals surface area contributed by atoms with Gasteiger partial charge in [-0.1, -0.05) is 11.6 Å². The van der Waals surface area contributed by atoms with Crippen molar-refractivity contribution >= 4 is 23.5 Å². The van der Waals surface area contributed by atoms with Crippen molar-refractivity contribution in [3.63, 3.8) is 0 Å². The fourth-order valence-corrected chi connectivity index (χ4v) is 1.64. The molecule has 0 atom stereocenters. The van der Waals surface area contributed by atoms with Gasteiger partial charge in [-0.25, -0.2) is 8.78 Å². The Morgan fingerprint density at radius 2 is 1.83 bits per heavy atom. The highest BCUT2D eigenvalue weighted by Gasteiger charge is 2.42. The summed E-state index contributed by atoms with van der Waals surface area (Å²) in [5.74, 6) is -6.18. The van der Waals surface area contributed by atoms with Crippen LogP contribution in [0.2, 0.25) is 5.02 Å². The van der Waals surface area contributed by atoms with Gasteiger partial charge in [0.2, 0.25) is 0 Å². The lowest BCUT2D eigenvalue weighted by Gasteiger charge is -2.14. The first-order valence-electron chi connectivity index (χ1n) is 6.40. The molecule has 0 unspecified atom stereocenters. The largest absolute Gasteiger partial charge is 0.459 e. The zero-order chi connectivity index (χ0) is 17.6. The van der Waals surface area contributed by atoms with Crippen LogP contribution in [-0.4, -0.2) is 30.9 Å². The van der Waals surface area contributed by atoms with Gasteiger partial charge in [0, 0.05) is 5.02 Å². The van der Waals surface area contributed by atoms with Gasteiger partial charge in [-0.3, -0.25) is 9.59 Å². The molecule has 0 saturated carbocycles. The first kappa shape index (κ1) is 19.2. The third kappa shape index (κ3) is 6.43. The molecule has 0 aliphatic heterocycles. The maximum absolute atomic E-state index is 12.5. The van der Waals surface area contributed by atoms with E-state index in [9.17, 15) is 27.2 Å². The quantitative estimate of drug-likeness (QED) is 0.424. The Morgan fingerprint density at radius 1 is 1.22 bits per heavy atom. The number of hydrogen-bond acceptors (Lipinski definition) is 4. The predicted molar refractivity (Wildman–Crippen MR) is 73.0 cm³/mol. The summed E-state index contributed by atoms with van der Waals surface area (Å²) in [4.78, 5) is 22.7. The lowest BCUT2D eigenvalue weighted by atomic mass is 10.2. The molecule has 23 heavy (non-hydrogen) atoms. The second-order valence-corrected chi connectivity index (χ2v) is 5.04. The molecule has 0 bridgehead atoms. The lowest BCUT2D eigenvalue weighted by molar-refractivity contribution is -0.180. The van der Waals surface area contributed by atoms with Crippen molar-refractivity contribution in [2.45, 2.75) is 32.1 Å². The smallest absolute Gasteiger partial charge is 0.340 e. The maximum Gasteiger partial charge on any atom is 0.340 e. The van der Waals surface area contributed by atoms with Gasteiger partial charge in [0.05, 0.1) is 12.8 Å². The lowest BCUT2D eigenvalue weighted by Crippen LogP contribution is -2.33. The van der Waals surface area contributed by atoms with Crippen LogP contribution in [0.5, 0.6) is 5.75 Å². The highest BCUT2D eigenvalue weighted by Crippen LogP contribution is 2.24. The highest BCUT2D eigenvalue weighted by molar-refractivity contribution is 6.30. The third-order valence-electron chi connectivity index (χ3n) is 2.64. The number of carbonyl (C=O) groups is 2. The number of rotatable bonds is 7. The molecule has 1 aromatic rings. The average Bonchev–Trinajstić information content (AvgIpc) is 2.46. The molecule has 0 fully saturated rings. The fourth-order valence-electron chi connectivity index (χ4n) is 1.42. The minimum absolute atomic E-state index is 0.233. The number of carbonyl (C=O) groups excluding carboxylic acids is 2. The number of halogens is 5. The van der Waals surface area contributed by atoms with Crippen LogP contribution in [0.25, 0.3) is 0 Å². The molecule has 0 aliphatic rings. The second kappa shape index (κ2) is 8.14. The first-order chi connectivity index (χ1) is 10.6. The van der Waals surface area contributed by atoms with Crippen LogP contribution in [0.3, 0.4) is 0 Å². The van der Waals surface area contributed by atoms with E-state index in [0.29, 0.717) is 10.6 Å². The molecule has 0 aromatic heterocycles. The van der Waals surface area contributed by atoms with Crippen molar-refractivity contribution in [1.82, 2.24) is 0 Å².